The van der Waals surface area contributed by atoms with Gasteiger partial charge in [0.1, 0.15) is 0 Å². The maximum atomic E-state index is 8.94. The van der Waals surface area contributed by atoms with E-state index >= 15 is 0 Å². The van der Waals surface area contributed by atoms with Crippen LogP contribution in [0, 0.1) is 11.3 Å². The monoisotopic (exact) mass is 218 g/mol. The molecular weight excluding hydrogens is 204 g/mol. The summed E-state index contributed by atoms with van der Waals surface area (Å²) < 4.78 is 5.28. The van der Waals surface area contributed by atoms with Crippen LogP contribution < -0.4 is 4.90 Å². The quantitative estimate of drug-likeness (QED) is 0.801. The Hall–Kier alpha value is -1.57. The average molecular weight is 218 g/mol. The second kappa shape index (κ2) is 4.97. The molecule has 1 fully saturated rings. The fourth-order valence-corrected chi connectivity index (χ4v) is 1.77. The first-order valence-corrected chi connectivity index (χ1v) is 5.29. The standard InChI is InChI=1S/C12H14N2O2/c13-7-12-8-14(5-6-16-12)11-3-1-10(9-15)2-4-11/h1-4,12,15H,5-6,8-9H2. The molecule has 0 aliphatic carbocycles. The van der Waals surface area contributed by atoms with Crippen molar-refractivity contribution in [1.82, 2.24) is 0 Å². The lowest BCUT2D eigenvalue weighted by atomic mass is 10.2. The van der Waals surface area contributed by atoms with E-state index in [1.165, 1.54) is 0 Å². The van der Waals surface area contributed by atoms with Gasteiger partial charge in [0.15, 0.2) is 6.10 Å². The molecule has 1 aromatic rings. The minimum Gasteiger partial charge on any atom is -0.392 e. The van der Waals surface area contributed by atoms with E-state index in [0.717, 1.165) is 17.8 Å². The van der Waals surface area contributed by atoms with Gasteiger partial charge >= 0.3 is 0 Å². The highest BCUT2D eigenvalue weighted by Gasteiger charge is 2.19. The highest BCUT2D eigenvalue weighted by atomic mass is 16.5. The third-order valence-corrected chi connectivity index (χ3v) is 2.69. The van der Waals surface area contributed by atoms with Crippen LogP contribution in [0.4, 0.5) is 5.69 Å². The smallest absolute Gasteiger partial charge is 0.161 e. The van der Waals surface area contributed by atoms with Crippen LogP contribution in [0.25, 0.3) is 0 Å². The second-order valence-corrected chi connectivity index (χ2v) is 3.76. The molecule has 1 heterocycles. The summed E-state index contributed by atoms with van der Waals surface area (Å²) in [4.78, 5) is 2.12. The number of nitriles is 1. The van der Waals surface area contributed by atoms with Crippen molar-refractivity contribution in [3.63, 3.8) is 0 Å². The van der Waals surface area contributed by atoms with Gasteiger partial charge in [-0.15, -0.1) is 0 Å². The molecule has 4 heteroatoms. The number of morpholine rings is 1. The van der Waals surface area contributed by atoms with Crippen LogP contribution in [0.5, 0.6) is 0 Å². The third kappa shape index (κ3) is 2.32. The normalized spacial score (nSPS) is 20.5. The molecule has 2 rings (SSSR count). The molecule has 0 radical (unpaired) electrons. The molecule has 0 spiro atoms. The maximum absolute atomic E-state index is 8.94. The van der Waals surface area contributed by atoms with Crippen LogP contribution in [0.15, 0.2) is 24.3 Å². The first-order valence-electron chi connectivity index (χ1n) is 5.29. The molecule has 1 aliphatic heterocycles. The molecule has 16 heavy (non-hydrogen) atoms. The maximum Gasteiger partial charge on any atom is 0.161 e. The average Bonchev–Trinajstić information content (AvgIpc) is 2.39. The summed E-state index contributed by atoms with van der Waals surface area (Å²) in [5.41, 5.74) is 1.97. The van der Waals surface area contributed by atoms with E-state index in [1.807, 2.05) is 24.3 Å². The third-order valence-electron chi connectivity index (χ3n) is 2.69. The van der Waals surface area contributed by atoms with Crippen LogP contribution in [0.1, 0.15) is 5.56 Å². The van der Waals surface area contributed by atoms with Crippen LogP contribution in [0.2, 0.25) is 0 Å². The van der Waals surface area contributed by atoms with Crippen molar-refractivity contribution in [2.75, 3.05) is 24.6 Å². The lowest BCUT2D eigenvalue weighted by molar-refractivity contribution is 0.0764. The van der Waals surface area contributed by atoms with Gasteiger partial charge in [-0.2, -0.15) is 5.26 Å². The Labute approximate surface area is 94.7 Å². The van der Waals surface area contributed by atoms with Crippen molar-refractivity contribution in [2.45, 2.75) is 12.7 Å². The Bertz CT molecular complexity index is 383. The van der Waals surface area contributed by atoms with Crippen molar-refractivity contribution in [3.05, 3.63) is 29.8 Å². The lowest BCUT2D eigenvalue weighted by Crippen LogP contribution is -2.41. The summed E-state index contributed by atoms with van der Waals surface area (Å²) in [5.74, 6) is 0. The Morgan fingerprint density at radius 2 is 2.19 bits per heavy atom. The number of aliphatic hydroxyl groups excluding tert-OH is 1. The summed E-state index contributed by atoms with van der Waals surface area (Å²) in [6, 6.07) is 9.84. The zero-order chi connectivity index (χ0) is 11.4. The Kier molecular flexibility index (Phi) is 3.40. The van der Waals surface area contributed by atoms with Gasteiger partial charge in [-0.25, -0.2) is 0 Å². The molecule has 1 aromatic carbocycles. The van der Waals surface area contributed by atoms with E-state index in [4.69, 9.17) is 15.1 Å². The molecule has 0 bridgehead atoms. The molecule has 0 amide bonds. The van der Waals surface area contributed by atoms with E-state index in [9.17, 15) is 0 Å². The van der Waals surface area contributed by atoms with Gasteiger partial charge in [-0.05, 0) is 17.7 Å². The lowest BCUT2D eigenvalue weighted by Gasteiger charge is -2.31. The molecule has 1 saturated heterocycles. The Morgan fingerprint density at radius 1 is 1.44 bits per heavy atom. The van der Waals surface area contributed by atoms with Crippen LogP contribution >= 0.6 is 0 Å². The van der Waals surface area contributed by atoms with Gasteiger partial charge in [-0.1, -0.05) is 12.1 Å². The molecular formula is C12H14N2O2. The Balaban J connectivity index is 2.08. The first-order chi connectivity index (χ1) is 7.83. The van der Waals surface area contributed by atoms with E-state index < -0.39 is 0 Å². The van der Waals surface area contributed by atoms with E-state index in [0.29, 0.717) is 13.2 Å². The summed E-state index contributed by atoms with van der Waals surface area (Å²) in [5, 5.41) is 17.7. The Morgan fingerprint density at radius 3 is 2.81 bits per heavy atom. The number of nitrogens with zero attached hydrogens (tertiary/aromatic N) is 2. The fraction of sp³-hybridized carbons (Fsp3) is 0.417. The zero-order valence-corrected chi connectivity index (χ0v) is 8.97. The van der Waals surface area contributed by atoms with Gasteiger partial charge in [0, 0.05) is 12.2 Å². The number of ether oxygens (including phenoxy) is 1. The summed E-state index contributed by atoms with van der Waals surface area (Å²) in [6.07, 6.45) is -0.341. The van der Waals surface area contributed by atoms with Gasteiger partial charge in [0.2, 0.25) is 0 Å². The van der Waals surface area contributed by atoms with Crippen molar-refractivity contribution in [1.29, 1.82) is 5.26 Å². The molecule has 1 N–H and O–H groups in total. The second-order valence-electron chi connectivity index (χ2n) is 3.76. The predicted octanol–water partition coefficient (Wildman–Crippen LogP) is 0.908. The van der Waals surface area contributed by atoms with Crippen LogP contribution in [-0.2, 0) is 11.3 Å². The fourth-order valence-electron chi connectivity index (χ4n) is 1.77. The van der Waals surface area contributed by atoms with Gasteiger partial charge < -0.3 is 14.7 Å². The van der Waals surface area contributed by atoms with Crippen molar-refractivity contribution < 1.29 is 9.84 Å². The summed E-state index contributed by atoms with van der Waals surface area (Å²) in [7, 11) is 0. The molecule has 0 saturated carbocycles. The number of hydrogen-bond donors (Lipinski definition) is 1. The molecule has 0 aromatic heterocycles. The highest BCUT2D eigenvalue weighted by molar-refractivity contribution is 5.48. The van der Waals surface area contributed by atoms with E-state index in [2.05, 4.69) is 11.0 Å². The number of benzene rings is 1. The molecule has 1 aliphatic rings. The first kappa shape index (κ1) is 10.9. The number of anilines is 1. The highest BCUT2D eigenvalue weighted by Crippen LogP contribution is 2.18. The van der Waals surface area contributed by atoms with Crippen molar-refractivity contribution >= 4 is 5.69 Å². The largest absolute Gasteiger partial charge is 0.392 e. The summed E-state index contributed by atoms with van der Waals surface area (Å²) in [6.45, 7) is 2.05. The molecule has 84 valence electrons. The molecule has 1 unspecified atom stereocenters. The van der Waals surface area contributed by atoms with Crippen molar-refractivity contribution in [2.24, 2.45) is 0 Å². The molecule has 1 atom stereocenters. The van der Waals surface area contributed by atoms with Gasteiger partial charge in [0.25, 0.3) is 0 Å². The molecule has 4 nitrogen and oxygen atoms in total. The minimum atomic E-state index is -0.341. The SMILES string of the molecule is N#CC1CN(c2ccc(CO)cc2)CCO1. The van der Waals surface area contributed by atoms with Crippen LogP contribution in [0.3, 0.4) is 0 Å². The minimum absolute atomic E-state index is 0.0597. The van der Waals surface area contributed by atoms with Gasteiger partial charge in [-0.3, -0.25) is 0 Å². The van der Waals surface area contributed by atoms with Crippen LogP contribution in [-0.4, -0.2) is 30.9 Å². The number of hydrogen-bond acceptors (Lipinski definition) is 4. The number of aliphatic hydroxyl groups is 1. The predicted molar refractivity (Wildman–Crippen MR) is 59.9 cm³/mol. The zero-order valence-electron chi connectivity index (χ0n) is 8.97. The van der Waals surface area contributed by atoms with Gasteiger partial charge in [0.05, 0.1) is 25.8 Å². The topological polar surface area (TPSA) is 56.5 Å². The van der Waals surface area contributed by atoms with Crippen molar-refractivity contribution in [3.8, 4) is 6.07 Å². The number of rotatable bonds is 2. The van der Waals surface area contributed by atoms with E-state index in [-0.39, 0.29) is 12.7 Å². The summed E-state index contributed by atoms with van der Waals surface area (Å²) >= 11 is 0. The van der Waals surface area contributed by atoms with E-state index in [1.54, 1.807) is 0 Å².